The zero-order valence-corrected chi connectivity index (χ0v) is 10.6. The molecule has 1 N–H and O–H groups in total. The summed E-state index contributed by atoms with van der Waals surface area (Å²) < 4.78 is 5.82. The Morgan fingerprint density at radius 2 is 2.13 bits per heavy atom. The third-order valence-electron chi connectivity index (χ3n) is 3.38. The van der Waals surface area contributed by atoms with E-state index in [0.29, 0.717) is 18.2 Å². The molecule has 1 rings (SSSR count). The van der Waals surface area contributed by atoms with Gasteiger partial charge in [-0.3, -0.25) is 0 Å². The van der Waals surface area contributed by atoms with Crippen molar-refractivity contribution < 1.29 is 4.74 Å². The fourth-order valence-electron chi connectivity index (χ4n) is 2.43. The third-order valence-corrected chi connectivity index (χ3v) is 3.38. The molecule has 3 atom stereocenters. The minimum absolute atomic E-state index is 0.505. The van der Waals surface area contributed by atoms with E-state index in [1.165, 1.54) is 38.5 Å². The van der Waals surface area contributed by atoms with Crippen LogP contribution in [0.3, 0.4) is 0 Å². The van der Waals surface area contributed by atoms with Gasteiger partial charge in [0.2, 0.25) is 0 Å². The van der Waals surface area contributed by atoms with Crippen molar-refractivity contribution in [2.75, 3.05) is 6.54 Å². The summed E-state index contributed by atoms with van der Waals surface area (Å²) in [6.07, 6.45) is 8.71. The van der Waals surface area contributed by atoms with Crippen molar-refractivity contribution in [2.45, 2.75) is 77.5 Å². The molecule has 1 heterocycles. The van der Waals surface area contributed by atoms with Crippen LogP contribution >= 0.6 is 0 Å². The van der Waals surface area contributed by atoms with Crippen LogP contribution in [0.25, 0.3) is 0 Å². The molecular weight excluding hydrogens is 186 g/mol. The average molecular weight is 213 g/mol. The summed E-state index contributed by atoms with van der Waals surface area (Å²) in [7, 11) is 0. The molecule has 0 aromatic rings. The number of nitrogens with one attached hydrogen (secondary N) is 1. The second kappa shape index (κ2) is 7.24. The van der Waals surface area contributed by atoms with Crippen LogP contribution in [0.4, 0.5) is 0 Å². The van der Waals surface area contributed by atoms with Crippen LogP contribution in [0.2, 0.25) is 0 Å². The van der Waals surface area contributed by atoms with E-state index in [4.69, 9.17) is 4.74 Å². The SMILES string of the molecule is CCNC(CC)CCCC1CCC(C)O1. The van der Waals surface area contributed by atoms with Gasteiger partial charge in [-0.25, -0.2) is 0 Å². The predicted molar refractivity (Wildman–Crippen MR) is 65.2 cm³/mol. The largest absolute Gasteiger partial charge is 0.375 e. The van der Waals surface area contributed by atoms with Crippen LogP contribution in [0.5, 0.6) is 0 Å². The Balaban J connectivity index is 2.04. The maximum Gasteiger partial charge on any atom is 0.0579 e. The van der Waals surface area contributed by atoms with Crippen LogP contribution in [-0.2, 0) is 4.74 Å². The van der Waals surface area contributed by atoms with Gasteiger partial charge in [-0.1, -0.05) is 13.8 Å². The van der Waals surface area contributed by atoms with E-state index in [0.717, 1.165) is 6.54 Å². The summed E-state index contributed by atoms with van der Waals surface area (Å²) >= 11 is 0. The molecule has 1 aliphatic heterocycles. The summed E-state index contributed by atoms with van der Waals surface area (Å²) in [5, 5.41) is 3.53. The Labute approximate surface area is 94.8 Å². The van der Waals surface area contributed by atoms with E-state index in [1.54, 1.807) is 0 Å². The summed E-state index contributed by atoms with van der Waals surface area (Å²) in [4.78, 5) is 0. The van der Waals surface area contributed by atoms with Gasteiger partial charge in [0, 0.05) is 6.04 Å². The number of hydrogen-bond acceptors (Lipinski definition) is 2. The van der Waals surface area contributed by atoms with E-state index in [1.807, 2.05) is 0 Å². The van der Waals surface area contributed by atoms with Gasteiger partial charge >= 0.3 is 0 Å². The zero-order chi connectivity index (χ0) is 11.1. The Kier molecular flexibility index (Phi) is 6.26. The second-order valence-electron chi connectivity index (χ2n) is 4.74. The summed E-state index contributed by atoms with van der Waals surface area (Å²) in [5.74, 6) is 0. The Hall–Kier alpha value is -0.0800. The van der Waals surface area contributed by atoms with Crippen molar-refractivity contribution in [3.05, 3.63) is 0 Å². The molecule has 0 aromatic carbocycles. The standard InChI is InChI=1S/C13H27NO/c1-4-12(14-5-2)7-6-8-13-10-9-11(3)15-13/h11-14H,4-10H2,1-3H3. The number of hydrogen-bond donors (Lipinski definition) is 1. The highest BCUT2D eigenvalue weighted by Gasteiger charge is 2.21. The molecular formula is C13H27NO. The first kappa shape index (κ1) is 13.0. The molecule has 15 heavy (non-hydrogen) atoms. The first-order valence-electron chi connectivity index (χ1n) is 6.65. The van der Waals surface area contributed by atoms with Gasteiger partial charge in [-0.05, 0) is 52.0 Å². The highest BCUT2D eigenvalue weighted by Crippen LogP contribution is 2.23. The minimum Gasteiger partial charge on any atom is -0.375 e. The molecule has 1 saturated heterocycles. The fraction of sp³-hybridized carbons (Fsp3) is 1.00. The summed E-state index contributed by atoms with van der Waals surface area (Å²) in [6.45, 7) is 7.73. The fourth-order valence-corrected chi connectivity index (χ4v) is 2.43. The molecule has 0 amide bonds. The van der Waals surface area contributed by atoms with Crippen molar-refractivity contribution in [1.29, 1.82) is 0 Å². The molecule has 0 saturated carbocycles. The van der Waals surface area contributed by atoms with Gasteiger partial charge in [0.05, 0.1) is 12.2 Å². The Bertz CT molecular complexity index is 157. The second-order valence-corrected chi connectivity index (χ2v) is 4.74. The van der Waals surface area contributed by atoms with E-state index < -0.39 is 0 Å². The number of rotatable bonds is 7. The molecule has 1 fully saturated rings. The van der Waals surface area contributed by atoms with E-state index >= 15 is 0 Å². The highest BCUT2D eigenvalue weighted by atomic mass is 16.5. The quantitative estimate of drug-likeness (QED) is 0.701. The van der Waals surface area contributed by atoms with Crippen LogP contribution in [0.1, 0.15) is 59.3 Å². The molecule has 0 spiro atoms. The normalized spacial score (nSPS) is 28.2. The van der Waals surface area contributed by atoms with Crippen molar-refractivity contribution in [3.63, 3.8) is 0 Å². The molecule has 2 nitrogen and oxygen atoms in total. The van der Waals surface area contributed by atoms with Gasteiger partial charge in [-0.15, -0.1) is 0 Å². The van der Waals surface area contributed by atoms with Crippen LogP contribution in [0, 0.1) is 0 Å². The van der Waals surface area contributed by atoms with Crippen LogP contribution in [0.15, 0.2) is 0 Å². The molecule has 3 unspecified atom stereocenters. The lowest BCUT2D eigenvalue weighted by molar-refractivity contribution is 0.0491. The molecule has 1 aliphatic rings. The lowest BCUT2D eigenvalue weighted by Gasteiger charge is -2.17. The minimum atomic E-state index is 0.505. The molecule has 0 radical (unpaired) electrons. The van der Waals surface area contributed by atoms with Crippen molar-refractivity contribution in [2.24, 2.45) is 0 Å². The topological polar surface area (TPSA) is 21.3 Å². The van der Waals surface area contributed by atoms with Gasteiger partial charge < -0.3 is 10.1 Å². The maximum absolute atomic E-state index is 5.82. The molecule has 2 heteroatoms. The van der Waals surface area contributed by atoms with Crippen molar-refractivity contribution in [1.82, 2.24) is 5.32 Å². The van der Waals surface area contributed by atoms with Gasteiger partial charge in [-0.2, -0.15) is 0 Å². The van der Waals surface area contributed by atoms with Crippen LogP contribution < -0.4 is 5.32 Å². The average Bonchev–Trinajstić information content (AvgIpc) is 2.63. The summed E-state index contributed by atoms with van der Waals surface area (Å²) in [6, 6.07) is 0.717. The molecule has 90 valence electrons. The molecule has 0 aliphatic carbocycles. The smallest absolute Gasteiger partial charge is 0.0579 e. The lowest BCUT2D eigenvalue weighted by atomic mass is 10.0. The Morgan fingerprint density at radius 1 is 1.33 bits per heavy atom. The van der Waals surface area contributed by atoms with E-state index in [2.05, 4.69) is 26.1 Å². The zero-order valence-electron chi connectivity index (χ0n) is 10.6. The highest BCUT2D eigenvalue weighted by molar-refractivity contribution is 4.72. The third kappa shape index (κ3) is 4.98. The predicted octanol–water partition coefficient (Wildman–Crippen LogP) is 3.11. The lowest BCUT2D eigenvalue weighted by Crippen LogP contribution is -2.28. The Morgan fingerprint density at radius 3 is 2.67 bits per heavy atom. The van der Waals surface area contributed by atoms with Crippen molar-refractivity contribution in [3.8, 4) is 0 Å². The van der Waals surface area contributed by atoms with Gasteiger partial charge in [0.25, 0.3) is 0 Å². The van der Waals surface area contributed by atoms with E-state index in [9.17, 15) is 0 Å². The first-order valence-corrected chi connectivity index (χ1v) is 6.65. The molecule has 0 bridgehead atoms. The van der Waals surface area contributed by atoms with Gasteiger partial charge in [0.15, 0.2) is 0 Å². The monoisotopic (exact) mass is 213 g/mol. The maximum atomic E-state index is 5.82. The van der Waals surface area contributed by atoms with E-state index in [-0.39, 0.29) is 0 Å². The van der Waals surface area contributed by atoms with Crippen LogP contribution in [-0.4, -0.2) is 24.8 Å². The number of ether oxygens (including phenoxy) is 1. The van der Waals surface area contributed by atoms with Gasteiger partial charge in [0.1, 0.15) is 0 Å². The molecule has 0 aromatic heterocycles. The first-order chi connectivity index (χ1) is 7.26. The summed E-state index contributed by atoms with van der Waals surface area (Å²) in [5.41, 5.74) is 0. The van der Waals surface area contributed by atoms with Crippen molar-refractivity contribution >= 4 is 0 Å².